The molecule has 0 N–H and O–H groups in total. The number of rotatable bonds is 7. The number of aldehydes is 1. The van der Waals surface area contributed by atoms with Gasteiger partial charge in [-0.25, -0.2) is 9.48 Å². The zero-order chi connectivity index (χ0) is 20.3. The van der Waals surface area contributed by atoms with Crippen molar-refractivity contribution in [1.29, 1.82) is 0 Å². The van der Waals surface area contributed by atoms with Crippen LogP contribution in [0.4, 0.5) is 0 Å². The summed E-state index contributed by atoms with van der Waals surface area (Å²) in [5, 5.41) is 4.47. The van der Waals surface area contributed by atoms with E-state index in [1.165, 1.54) is 20.3 Å². The minimum Gasteiger partial charge on any atom is -0.308 e. The van der Waals surface area contributed by atoms with Crippen molar-refractivity contribution in [2.24, 2.45) is 0 Å². The maximum absolute atomic E-state index is 13.1. The molecule has 148 valence electrons. The molecule has 1 aromatic carbocycles. The number of aromatic nitrogens is 3. The topological polar surface area (TPSA) is 77.2 Å². The molecule has 28 heavy (non-hydrogen) atoms. The molecule has 2 heterocycles. The van der Waals surface area contributed by atoms with Crippen molar-refractivity contribution in [2.45, 2.75) is 58.2 Å². The summed E-state index contributed by atoms with van der Waals surface area (Å²) in [6, 6.07) is 6.70. The second kappa shape index (κ2) is 8.37. The van der Waals surface area contributed by atoms with Gasteiger partial charge in [0, 0.05) is 12.6 Å². The zero-order valence-electron chi connectivity index (χ0n) is 16.4. The first-order chi connectivity index (χ1) is 13.5. The quantitative estimate of drug-likeness (QED) is 0.688. The van der Waals surface area contributed by atoms with Crippen LogP contribution in [0.25, 0.3) is 0 Å². The summed E-state index contributed by atoms with van der Waals surface area (Å²) in [5.74, 6) is 0.330. The number of carbonyl (C=O) groups is 2. The van der Waals surface area contributed by atoms with Crippen molar-refractivity contribution < 1.29 is 9.59 Å². The van der Waals surface area contributed by atoms with Gasteiger partial charge < -0.3 is 9.69 Å². The fourth-order valence-electron chi connectivity index (χ4n) is 3.65. The summed E-state index contributed by atoms with van der Waals surface area (Å²) in [7, 11) is 0. The second-order valence-corrected chi connectivity index (χ2v) is 7.16. The summed E-state index contributed by atoms with van der Waals surface area (Å²) in [5.41, 5.74) is 1.83. The molecule has 3 rings (SSSR count). The summed E-state index contributed by atoms with van der Waals surface area (Å²) < 4.78 is 2.91. The van der Waals surface area contributed by atoms with E-state index < -0.39 is 12.1 Å². The van der Waals surface area contributed by atoms with Crippen LogP contribution < -0.4 is 5.69 Å². The molecule has 0 bridgehead atoms. The number of fused-ring (bicyclic) bond motifs is 1. The SMILES string of the molecule is C=CN(C(=O)[C@@H]1CCCc2nn(Cc3ccc(C)cc3)c(=O)n21)[C@H](C=O)CC. The molecule has 2 aromatic rings. The van der Waals surface area contributed by atoms with E-state index in [0.29, 0.717) is 31.6 Å². The number of aryl methyl sites for hydroxylation is 2. The monoisotopic (exact) mass is 382 g/mol. The molecule has 0 aliphatic carbocycles. The van der Waals surface area contributed by atoms with Crippen molar-refractivity contribution in [1.82, 2.24) is 19.2 Å². The normalized spacial score (nSPS) is 16.9. The number of hydrogen-bond donors (Lipinski definition) is 0. The molecule has 0 radical (unpaired) electrons. The van der Waals surface area contributed by atoms with Gasteiger partial charge in [-0.1, -0.05) is 43.3 Å². The Bertz CT molecular complexity index is 926. The number of hydrogen-bond acceptors (Lipinski definition) is 4. The molecule has 0 saturated carbocycles. The molecule has 7 nitrogen and oxygen atoms in total. The zero-order valence-corrected chi connectivity index (χ0v) is 16.4. The molecule has 0 unspecified atom stereocenters. The van der Waals surface area contributed by atoms with E-state index in [2.05, 4.69) is 11.7 Å². The third kappa shape index (κ3) is 3.69. The molecule has 2 atom stereocenters. The van der Waals surface area contributed by atoms with Gasteiger partial charge in [-0.2, -0.15) is 5.10 Å². The summed E-state index contributed by atoms with van der Waals surface area (Å²) in [6.07, 6.45) is 4.57. The lowest BCUT2D eigenvalue weighted by Gasteiger charge is -2.30. The number of amides is 1. The van der Waals surface area contributed by atoms with Crippen LogP contribution in [0.5, 0.6) is 0 Å². The maximum atomic E-state index is 13.1. The van der Waals surface area contributed by atoms with Crippen LogP contribution in [0.3, 0.4) is 0 Å². The molecule has 0 saturated heterocycles. The van der Waals surface area contributed by atoms with E-state index >= 15 is 0 Å². The standard InChI is InChI=1S/C21H26N4O3/c1-4-17(14-26)23(5-2)20(27)18-7-6-8-19-22-24(21(28)25(18)19)13-16-11-9-15(3)10-12-16/h5,9-12,14,17-18H,2,4,6-8,13H2,1,3H3/t17-,18-/m0/s1. The predicted octanol–water partition coefficient (Wildman–Crippen LogP) is 2.23. The Labute approximate surface area is 164 Å². The van der Waals surface area contributed by atoms with E-state index in [1.54, 1.807) is 0 Å². The van der Waals surface area contributed by atoms with Gasteiger partial charge in [-0.15, -0.1) is 0 Å². The molecule has 1 amide bonds. The van der Waals surface area contributed by atoms with Crippen molar-refractivity contribution in [3.8, 4) is 0 Å². The summed E-state index contributed by atoms with van der Waals surface area (Å²) in [6.45, 7) is 7.88. The van der Waals surface area contributed by atoms with Gasteiger partial charge in [-0.3, -0.25) is 9.36 Å². The Hall–Kier alpha value is -2.96. The van der Waals surface area contributed by atoms with E-state index in [1.807, 2.05) is 38.1 Å². The van der Waals surface area contributed by atoms with Crippen LogP contribution in [0, 0.1) is 6.92 Å². The van der Waals surface area contributed by atoms with Crippen molar-refractivity contribution >= 4 is 12.2 Å². The fourth-order valence-corrected chi connectivity index (χ4v) is 3.65. The third-order valence-electron chi connectivity index (χ3n) is 5.25. The largest absolute Gasteiger partial charge is 0.346 e. The van der Waals surface area contributed by atoms with Crippen LogP contribution in [0.1, 0.15) is 49.2 Å². The molecule has 1 aromatic heterocycles. The summed E-state index contributed by atoms with van der Waals surface area (Å²) in [4.78, 5) is 38.8. The highest BCUT2D eigenvalue weighted by atomic mass is 16.2. The highest BCUT2D eigenvalue weighted by Gasteiger charge is 2.34. The van der Waals surface area contributed by atoms with Crippen LogP contribution >= 0.6 is 0 Å². The molecule has 0 fully saturated rings. The fraction of sp³-hybridized carbons (Fsp3) is 0.429. The van der Waals surface area contributed by atoms with E-state index in [0.717, 1.165) is 23.8 Å². The van der Waals surface area contributed by atoms with E-state index in [4.69, 9.17) is 0 Å². The Morgan fingerprint density at radius 3 is 2.71 bits per heavy atom. The average molecular weight is 382 g/mol. The third-order valence-corrected chi connectivity index (χ3v) is 5.25. The van der Waals surface area contributed by atoms with Crippen molar-refractivity contribution in [2.75, 3.05) is 0 Å². The van der Waals surface area contributed by atoms with Gasteiger partial charge in [0.05, 0.1) is 12.6 Å². The lowest BCUT2D eigenvalue weighted by Crippen LogP contribution is -2.44. The second-order valence-electron chi connectivity index (χ2n) is 7.16. The number of benzene rings is 1. The Morgan fingerprint density at radius 1 is 1.39 bits per heavy atom. The van der Waals surface area contributed by atoms with Crippen molar-refractivity contribution in [3.63, 3.8) is 0 Å². The smallest absolute Gasteiger partial charge is 0.308 e. The maximum Gasteiger partial charge on any atom is 0.346 e. The highest BCUT2D eigenvalue weighted by Crippen LogP contribution is 2.25. The summed E-state index contributed by atoms with van der Waals surface area (Å²) >= 11 is 0. The highest BCUT2D eigenvalue weighted by molar-refractivity contribution is 5.84. The molecular weight excluding hydrogens is 356 g/mol. The van der Waals surface area contributed by atoms with E-state index in [-0.39, 0.29) is 11.6 Å². The molecule has 1 aliphatic heterocycles. The van der Waals surface area contributed by atoms with Crippen LogP contribution in [-0.4, -0.2) is 37.5 Å². The minimum atomic E-state index is -0.657. The van der Waals surface area contributed by atoms with Crippen LogP contribution in [-0.2, 0) is 22.6 Å². The molecular formula is C21H26N4O3. The lowest BCUT2D eigenvalue weighted by molar-refractivity contribution is -0.137. The molecule has 1 aliphatic rings. The Kier molecular flexibility index (Phi) is 5.92. The minimum absolute atomic E-state index is 0.285. The first-order valence-corrected chi connectivity index (χ1v) is 9.64. The Morgan fingerprint density at radius 2 is 2.11 bits per heavy atom. The average Bonchev–Trinajstić information content (AvgIpc) is 3.03. The predicted molar refractivity (Wildman–Crippen MR) is 106 cm³/mol. The van der Waals surface area contributed by atoms with Gasteiger partial charge in [-0.05, 0) is 31.7 Å². The van der Waals surface area contributed by atoms with Crippen molar-refractivity contribution in [3.05, 3.63) is 64.5 Å². The van der Waals surface area contributed by atoms with Gasteiger partial charge >= 0.3 is 5.69 Å². The first-order valence-electron chi connectivity index (χ1n) is 9.64. The van der Waals surface area contributed by atoms with Gasteiger partial charge in [0.25, 0.3) is 0 Å². The number of carbonyl (C=O) groups excluding carboxylic acids is 2. The molecule has 0 spiro atoms. The lowest BCUT2D eigenvalue weighted by atomic mass is 10.0. The van der Waals surface area contributed by atoms with Gasteiger partial charge in [0.1, 0.15) is 18.2 Å². The van der Waals surface area contributed by atoms with Gasteiger partial charge in [0.15, 0.2) is 0 Å². The first kappa shape index (κ1) is 19.8. The Balaban J connectivity index is 1.93. The van der Waals surface area contributed by atoms with Crippen LogP contribution in [0.2, 0.25) is 0 Å². The van der Waals surface area contributed by atoms with Crippen LogP contribution in [0.15, 0.2) is 41.8 Å². The van der Waals surface area contributed by atoms with Gasteiger partial charge in [0.2, 0.25) is 5.91 Å². The van der Waals surface area contributed by atoms with E-state index in [9.17, 15) is 14.4 Å². The molecule has 7 heteroatoms. The number of nitrogens with zero attached hydrogens (tertiary/aromatic N) is 4.